The quantitative estimate of drug-likeness (QED) is 0.176. The lowest BCUT2D eigenvalue weighted by atomic mass is 9.82. The van der Waals surface area contributed by atoms with Crippen molar-refractivity contribution in [1.82, 2.24) is 10.6 Å². The van der Waals surface area contributed by atoms with Crippen LogP contribution in [0.25, 0.3) is 0 Å². The minimum Gasteiger partial charge on any atom is -0.502 e. The first-order chi connectivity index (χ1) is 15.5. The molecule has 0 aromatic heterocycles. The molecule has 2 N–H and O–H groups in total. The van der Waals surface area contributed by atoms with Gasteiger partial charge in [-0.1, -0.05) is 26.0 Å². The summed E-state index contributed by atoms with van der Waals surface area (Å²) in [6, 6.07) is 0. The van der Waals surface area contributed by atoms with Gasteiger partial charge in [0.1, 0.15) is 0 Å². The molecule has 0 atom stereocenters. The zero-order chi connectivity index (χ0) is 23.9. The lowest BCUT2D eigenvalue weighted by Crippen LogP contribution is -2.49. The summed E-state index contributed by atoms with van der Waals surface area (Å²) in [5, 5.41) is 5.91. The second-order valence-corrected chi connectivity index (χ2v) is 7.57. The van der Waals surface area contributed by atoms with E-state index in [-0.39, 0.29) is 17.7 Å². The number of carbonyl (C=O) groups excluding carboxylic acids is 2. The van der Waals surface area contributed by atoms with Crippen molar-refractivity contribution < 1.29 is 28.5 Å². The zero-order valence-corrected chi connectivity index (χ0v) is 20.1. The standard InChI is InChI=1S/C24H44N2O6/c1-5-29-20-14-11-17-24(26-23(28)32-8-4,18-12-15-21-30-6-2)16-10-9-13-19-25-22(27)31-7-3/h5-6H,1-2,7-21H2,3-4H3,(H,25,27)(H,26,28). The molecule has 32 heavy (non-hydrogen) atoms. The lowest BCUT2D eigenvalue weighted by molar-refractivity contribution is 0.126. The van der Waals surface area contributed by atoms with Gasteiger partial charge in [-0.25, -0.2) is 9.59 Å². The SMILES string of the molecule is C=COCCCCC(CCCCCNC(=O)OCC)(CCCCOC=C)NC(=O)OCC. The van der Waals surface area contributed by atoms with Crippen LogP contribution in [0.4, 0.5) is 9.59 Å². The maximum atomic E-state index is 12.3. The van der Waals surface area contributed by atoms with Crippen LogP contribution in [0.3, 0.4) is 0 Å². The highest BCUT2D eigenvalue weighted by molar-refractivity contribution is 5.68. The van der Waals surface area contributed by atoms with Gasteiger partial charge in [0.05, 0.1) is 39.0 Å². The van der Waals surface area contributed by atoms with Gasteiger partial charge in [-0.05, 0) is 65.2 Å². The average Bonchev–Trinajstić information content (AvgIpc) is 2.76. The van der Waals surface area contributed by atoms with Crippen molar-refractivity contribution in [2.75, 3.05) is 33.0 Å². The maximum Gasteiger partial charge on any atom is 0.407 e. The lowest BCUT2D eigenvalue weighted by Gasteiger charge is -2.35. The van der Waals surface area contributed by atoms with Crippen LogP contribution in [0.15, 0.2) is 25.7 Å². The van der Waals surface area contributed by atoms with Gasteiger partial charge < -0.3 is 29.6 Å². The highest BCUT2D eigenvalue weighted by Crippen LogP contribution is 2.28. The normalized spacial score (nSPS) is 10.7. The average molecular weight is 457 g/mol. The molecule has 8 heteroatoms. The largest absolute Gasteiger partial charge is 0.502 e. The molecule has 0 radical (unpaired) electrons. The summed E-state index contributed by atoms with van der Waals surface area (Å²) >= 11 is 0. The number of hydrogen-bond donors (Lipinski definition) is 2. The molecule has 0 aromatic carbocycles. The second-order valence-electron chi connectivity index (χ2n) is 7.57. The first-order valence-corrected chi connectivity index (χ1v) is 11.8. The Kier molecular flexibility index (Phi) is 19.0. The number of hydrogen-bond acceptors (Lipinski definition) is 6. The predicted molar refractivity (Wildman–Crippen MR) is 126 cm³/mol. The monoisotopic (exact) mass is 456 g/mol. The summed E-state index contributed by atoms with van der Waals surface area (Å²) in [5.74, 6) is 0. The molecule has 8 nitrogen and oxygen atoms in total. The number of rotatable bonds is 21. The third-order valence-corrected chi connectivity index (χ3v) is 5.09. The fourth-order valence-electron chi connectivity index (χ4n) is 3.55. The Morgan fingerprint density at radius 3 is 1.75 bits per heavy atom. The van der Waals surface area contributed by atoms with E-state index < -0.39 is 0 Å². The molecular formula is C24H44N2O6. The van der Waals surface area contributed by atoms with Crippen LogP contribution in [0.2, 0.25) is 0 Å². The Labute approximate surface area is 194 Å². The molecule has 0 saturated carbocycles. The first kappa shape index (κ1) is 29.6. The molecule has 0 fully saturated rings. The van der Waals surface area contributed by atoms with Gasteiger partial charge in [-0.3, -0.25) is 0 Å². The summed E-state index contributed by atoms with van der Waals surface area (Å²) in [7, 11) is 0. The van der Waals surface area contributed by atoms with Gasteiger partial charge in [-0.15, -0.1) is 0 Å². The second kappa shape index (κ2) is 20.5. The van der Waals surface area contributed by atoms with Crippen LogP contribution < -0.4 is 10.6 Å². The highest BCUT2D eigenvalue weighted by atomic mass is 16.6. The van der Waals surface area contributed by atoms with E-state index in [1.54, 1.807) is 13.8 Å². The summed E-state index contributed by atoms with van der Waals surface area (Å²) in [4.78, 5) is 23.7. The van der Waals surface area contributed by atoms with Crippen molar-refractivity contribution in [2.24, 2.45) is 0 Å². The Morgan fingerprint density at radius 1 is 0.750 bits per heavy atom. The van der Waals surface area contributed by atoms with E-state index in [9.17, 15) is 9.59 Å². The predicted octanol–water partition coefficient (Wildman–Crippen LogP) is 5.44. The number of ether oxygens (including phenoxy) is 4. The third kappa shape index (κ3) is 16.3. The number of nitrogens with one attached hydrogen (secondary N) is 2. The van der Waals surface area contributed by atoms with E-state index >= 15 is 0 Å². The third-order valence-electron chi connectivity index (χ3n) is 5.09. The molecule has 0 saturated heterocycles. The summed E-state index contributed by atoms with van der Waals surface area (Å²) < 4.78 is 20.5. The molecule has 2 amide bonds. The molecular weight excluding hydrogens is 412 g/mol. The topological polar surface area (TPSA) is 95.1 Å². The molecule has 0 aliphatic carbocycles. The Balaban J connectivity index is 4.85. The molecule has 186 valence electrons. The molecule has 0 aliphatic rings. The molecule has 0 bridgehead atoms. The highest BCUT2D eigenvalue weighted by Gasteiger charge is 2.31. The van der Waals surface area contributed by atoms with Crippen LogP contribution in [-0.4, -0.2) is 50.7 Å². The molecule has 0 aromatic rings. The summed E-state index contributed by atoms with van der Waals surface area (Å²) in [6.45, 7) is 13.2. The van der Waals surface area contributed by atoms with Crippen LogP contribution in [-0.2, 0) is 18.9 Å². The van der Waals surface area contributed by atoms with E-state index in [0.29, 0.717) is 33.0 Å². The minimum atomic E-state index is -0.380. The fourth-order valence-corrected chi connectivity index (χ4v) is 3.55. The van der Waals surface area contributed by atoms with E-state index in [0.717, 1.165) is 64.2 Å². The van der Waals surface area contributed by atoms with Crippen molar-refractivity contribution >= 4 is 12.2 Å². The minimum absolute atomic E-state index is 0.335. The van der Waals surface area contributed by atoms with Crippen LogP contribution >= 0.6 is 0 Å². The van der Waals surface area contributed by atoms with E-state index in [2.05, 4.69) is 23.8 Å². The van der Waals surface area contributed by atoms with Crippen molar-refractivity contribution in [3.8, 4) is 0 Å². The van der Waals surface area contributed by atoms with Gasteiger partial charge in [0.2, 0.25) is 0 Å². The number of carbonyl (C=O) groups is 2. The van der Waals surface area contributed by atoms with Gasteiger partial charge >= 0.3 is 12.2 Å². The van der Waals surface area contributed by atoms with Crippen molar-refractivity contribution in [2.45, 2.75) is 83.6 Å². The number of amides is 2. The van der Waals surface area contributed by atoms with Crippen molar-refractivity contribution in [3.63, 3.8) is 0 Å². The van der Waals surface area contributed by atoms with Gasteiger partial charge in [-0.2, -0.15) is 0 Å². The van der Waals surface area contributed by atoms with Crippen LogP contribution in [0.1, 0.15) is 78.1 Å². The van der Waals surface area contributed by atoms with E-state index in [1.165, 1.54) is 12.5 Å². The summed E-state index contributed by atoms with van der Waals surface area (Å²) in [5.41, 5.74) is -0.344. The van der Waals surface area contributed by atoms with Crippen LogP contribution in [0, 0.1) is 0 Å². The Bertz CT molecular complexity index is 495. The van der Waals surface area contributed by atoms with Gasteiger partial charge in [0.25, 0.3) is 0 Å². The summed E-state index contributed by atoms with van der Waals surface area (Å²) in [6.07, 6.45) is 11.0. The molecule has 0 unspecified atom stereocenters. The molecule has 0 spiro atoms. The first-order valence-electron chi connectivity index (χ1n) is 11.8. The van der Waals surface area contributed by atoms with Crippen LogP contribution in [0.5, 0.6) is 0 Å². The maximum absolute atomic E-state index is 12.3. The van der Waals surface area contributed by atoms with Crippen molar-refractivity contribution in [3.05, 3.63) is 25.7 Å². The van der Waals surface area contributed by atoms with E-state index in [4.69, 9.17) is 18.9 Å². The van der Waals surface area contributed by atoms with E-state index in [1.807, 2.05) is 0 Å². The molecule has 0 rings (SSSR count). The number of unbranched alkanes of at least 4 members (excludes halogenated alkanes) is 4. The molecule has 0 heterocycles. The Morgan fingerprint density at radius 2 is 1.25 bits per heavy atom. The Hall–Kier alpha value is -2.38. The number of alkyl carbamates (subject to hydrolysis) is 2. The van der Waals surface area contributed by atoms with Crippen molar-refractivity contribution in [1.29, 1.82) is 0 Å². The smallest absolute Gasteiger partial charge is 0.407 e. The molecule has 0 aliphatic heterocycles. The zero-order valence-electron chi connectivity index (χ0n) is 20.1. The van der Waals surface area contributed by atoms with Gasteiger partial charge in [0, 0.05) is 12.1 Å². The van der Waals surface area contributed by atoms with Gasteiger partial charge in [0.15, 0.2) is 0 Å². The fraction of sp³-hybridized carbons (Fsp3) is 0.750.